The van der Waals surface area contributed by atoms with Gasteiger partial charge in [0.05, 0.1) is 16.7 Å². The van der Waals surface area contributed by atoms with E-state index in [1.165, 1.54) is 0 Å². The Morgan fingerprint density at radius 3 is 1.38 bits per heavy atom. The molecule has 37 heavy (non-hydrogen) atoms. The number of fused-ring (bicyclic) bond motifs is 4. The fourth-order valence-corrected chi connectivity index (χ4v) is 5.17. The summed E-state index contributed by atoms with van der Waals surface area (Å²) in [7, 11) is 1.71. The average Bonchev–Trinajstić information content (AvgIpc) is 2.92. The summed E-state index contributed by atoms with van der Waals surface area (Å²) in [6.07, 6.45) is 0. The maximum absolute atomic E-state index is 12.5. The van der Waals surface area contributed by atoms with E-state index in [1.807, 2.05) is 0 Å². The number of hydrogen-bond acceptors (Lipinski definition) is 7. The molecule has 0 aromatic heterocycles. The molecular weight excluding hydrogens is 534 g/mol. The minimum Gasteiger partial charge on any atom is -0.398 e. The average molecular weight is 554 g/mol. The van der Waals surface area contributed by atoms with Crippen LogP contribution in [0.5, 0.6) is 0 Å². The first-order valence-corrected chi connectivity index (χ1v) is 12.1. The number of nitrogens with one attached hydrogen (secondary N) is 1. The highest BCUT2D eigenvalue weighted by atomic mass is 79.9. The molecule has 0 amide bonds. The van der Waals surface area contributed by atoms with Gasteiger partial charge in [0.2, 0.25) is 0 Å². The standard InChI is InChI=1S/C15H12N2O2.C14H8BrNO2/c1-17-11-7-6-10(16)12-13(11)15(19)9-5-3-2-4-8(9)14(12)18;15-9-5-6-10(16)12-11(9)13(17)7-3-1-2-4-8(7)14(12)18/h2-7,17H,16H2,1H3;1-6H,16H2. The molecule has 0 spiro atoms. The topological polar surface area (TPSA) is 132 Å². The molecule has 0 saturated heterocycles. The molecule has 7 nitrogen and oxygen atoms in total. The van der Waals surface area contributed by atoms with Crippen LogP contribution in [0.2, 0.25) is 0 Å². The van der Waals surface area contributed by atoms with Crippen LogP contribution in [-0.2, 0) is 0 Å². The molecule has 0 aliphatic heterocycles. The summed E-state index contributed by atoms with van der Waals surface area (Å²) in [6, 6.07) is 20.3. The Hall–Kier alpha value is -4.56. The predicted molar refractivity (Wildman–Crippen MR) is 146 cm³/mol. The molecule has 4 aromatic rings. The second-order valence-electron chi connectivity index (χ2n) is 8.50. The van der Waals surface area contributed by atoms with Gasteiger partial charge in [0.25, 0.3) is 0 Å². The van der Waals surface area contributed by atoms with Gasteiger partial charge < -0.3 is 16.8 Å². The monoisotopic (exact) mass is 553 g/mol. The lowest BCUT2D eigenvalue weighted by Crippen LogP contribution is -2.23. The van der Waals surface area contributed by atoms with E-state index >= 15 is 0 Å². The van der Waals surface area contributed by atoms with Gasteiger partial charge in [0.1, 0.15) is 0 Å². The Morgan fingerprint density at radius 1 is 0.541 bits per heavy atom. The van der Waals surface area contributed by atoms with E-state index in [9.17, 15) is 19.2 Å². The van der Waals surface area contributed by atoms with Crippen molar-refractivity contribution in [3.8, 4) is 0 Å². The molecule has 2 aliphatic carbocycles. The number of nitrogens with two attached hydrogens (primary N) is 2. The lowest BCUT2D eigenvalue weighted by atomic mass is 9.82. The first-order chi connectivity index (χ1) is 17.8. The van der Waals surface area contributed by atoms with Gasteiger partial charge in [-0.25, -0.2) is 0 Å². The van der Waals surface area contributed by atoms with Crippen molar-refractivity contribution >= 4 is 56.1 Å². The highest BCUT2D eigenvalue weighted by Crippen LogP contribution is 2.36. The molecule has 0 fully saturated rings. The van der Waals surface area contributed by atoms with Gasteiger partial charge in [-0.2, -0.15) is 0 Å². The quantitative estimate of drug-likeness (QED) is 0.247. The Balaban J connectivity index is 0.000000152. The molecule has 5 N–H and O–H groups in total. The maximum atomic E-state index is 12.5. The zero-order chi connectivity index (χ0) is 26.4. The minimum absolute atomic E-state index is 0.165. The van der Waals surface area contributed by atoms with Gasteiger partial charge in [0, 0.05) is 56.4 Å². The van der Waals surface area contributed by atoms with Crippen molar-refractivity contribution in [3.05, 3.63) is 122 Å². The largest absolute Gasteiger partial charge is 0.398 e. The van der Waals surface area contributed by atoms with Crippen LogP contribution >= 0.6 is 15.9 Å². The number of hydrogen-bond donors (Lipinski definition) is 3. The van der Waals surface area contributed by atoms with Gasteiger partial charge in [-0.3, -0.25) is 19.2 Å². The third kappa shape index (κ3) is 3.73. The zero-order valence-corrected chi connectivity index (χ0v) is 21.2. The summed E-state index contributed by atoms with van der Waals surface area (Å²) >= 11 is 3.31. The summed E-state index contributed by atoms with van der Waals surface area (Å²) in [5.74, 6) is -0.722. The van der Waals surface area contributed by atoms with Crippen LogP contribution in [0, 0.1) is 0 Å². The molecule has 0 bridgehead atoms. The molecule has 0 radical (unpaired) electrons. The SMILES string of the molecule is CNc1ccc(N)c2c1C(=O)c1ccccc1C2=O.Nc1ccc(Br)c2c1C(=O)c1ccccc1C2=O. The number of ketones is 4. The number of halogens is 1. The van der Waals surface area contributed by atoms with Crippen molar-refractivity contribution in [1.82, 2.24) is 0 Å². The molecule has 0 unspecified atom stereocenters. The van der Waals surface area contributed by atoms with Crippen molar-refractivity contribution < 1.29 is 19.2 Å². The normalized spacial score (nSPS) is 13.0. The number of rotatable bonds is 1. The first-order valence-electron chi connectivity index (χ1n) is 11.3. The molecule has 6 rings (SSSR count). The van der Waals surface area contributed by atoms with E-state index in [1.54, 1.807) is 79.8 Å². The van der Waals surface area contributed by atoms with E-state index in [-0.39, 0.29) is 23.1 Å². The van der Waals surface area contributed by atoms with Crippen LogP contribution < -0.4 is 16.8 Å². The summed E-state index contributed by atoms with van der Waals surface area (Å²) in [6.45, 7) is 0. The van der Waals surface area contributed by atoms with Gasteiger partial charge in [-0.05, 0) is 24.3 Å². The third-order valence-corrected chi connectivity index (χ3v) is 7.10. The lowest BCUT2D eigenvalue weighted by Gasteiger charge is -2.21. The van der Waals surface area contributed by atoms with Gasteiger partial charge in [-0.1, -0.05) is 64.5 Å². The molecule has 8 heteroatoms. The zero-order valence-electron chi connectivity index (χ0n) is 19.6. The van der Waals surface area contributed by atoms with Gasteiger partial charge >= 0.3 is 0 Å². The van der Waals surface area contributed by atoms with Crippen molar-refractivity contribution in [2.75, 3.05) is 23.8 Å². The number of nitrogen functional groups attached to an aromatic ring is 2. The van der Waals surface area contributed by atoms with E-state index in [0.717, 1.165) is 0 Å². The van der Waals surface area contributed by atoms with Crippen LogP contribution in [0.25, 0.3) is 0 Å². The van der Waals surface area contributed by atoms with E-state index < -0.39 is 0 Å². The van der Waals surface area contributed by atoms with Gasteiger partial charge in [0.15, 0.2) is 23.1 Å². The summed E-state index contributed by atoms with van der Waals surface area (Å²) in [5.41, 5.74) is 16.0. The van der Waals surface area contributed by atoms with Crippen LogP contribution in [-0.4, -0.2) is 30.2 Å². The molecule has 0 atom stereocenters. The Morgan fingerprint density at radius 2 is 0.919 bits per heavy atom. The van der Waals surface area contributed by atoms with Crippen molar-refractivity contribution in [2.45, 2.75) is 0 Å². The van der Waals surface area contributed by atoms with Crippen molar-refractivity contribution in [1.29, 1.82) is 0 Å². The summed E-state index contributed by atoms with van der Waals surface area (Å²) in [5, 5.41) is 2.94. The van der Waals surface area contributed by atoms with E-state index in [4.69, 9.17) is 11.5 Å². The Kier molecular flexibility index (Phi) is 5.97. The minimum atomic E-state index is -0.195. The van der Waals surface area contributed by atoms with Crippen LogP contribution in [0.4, 0.5) is 17.1 Å². The fraction of sp³-hybridized carbons (Fsp3) is 0.0345. The fourth-order valence-electron chi connectivity index (χ4n) is 4.66. The summed E-state index contributed by atoms with van der Waals surface area (Å²) < 4.78 is 0.597. The van der Waals surface area contributed by atoms with Crippen LogP contribution in [0.3, 0.4) is 0 Å². The first kappa shape index (κ1) is 24.1. The molecule has 182 valence electrons. The highest BCUT2D eigenvalue weighted by molar-refractivity contribution is 9.10. The number of benzene rings is 4. The van der Waals surface area contributed by atoms with Crippen molar-refractivity contribution in [2.24, 2.45) is 0 Å². The highest BCUT2D eigenvalue weighted by Gasteiger charge is 2.34. The number of anilines is 3. The Labute approximate surface area is 220 Å². The smallest absolute Gasteiger partial charge is 0.196 e. The number of carbonyl (C=O) groups excluding carboxylic acids is 4. The third-order valence-electron chi connectivity index (χ3n) is 6.43. The lowest BCUT2D eigenvalue weighted by molar-refractivity contribution is 0.0979. The van der Waals surface area contributed by atoms with Crippen LogP contribution in [0.1, 0.15) is 63.7 Å². The molecule has 0 saturated carbocycles. The number of carbonyl (C=O) groups is 4. The Bertz CT molecular complexity index is 1620. The van der Waals surface area contributed by atoms with E-state index in [0.29, 0.717) is 66.0 Å². The van der Waals surface area contributed by atoms with Crippen LogP contribution in [0.15, 0.2) is 77.3 Å². The van der Waals surface area contributed by atoms with Crippen molar-refractivity contribution in [3.63, 3.8) is 0 Å². The molecule has 4 aromatic carbocycles. The summed E-state index contributed by atoms with van der Waals surface area (Å²) in [4.78, 5) is 49.8. The molecular formula is C29H20BrN3O4. The predicted octanol–water partition coefficient (Wildman–Crippen LogP) is 4.89. The van der Waals surface area contributed by atoms with E-state index in [2.05, 4.69) is 21.2 Å². The molecule has 2 aliphatic rings. The second-order valence-corrected chi connectivity index (χ2v) is 9.35. The maximum Gasteiger partial charge on any atom is 0.196 e. The molecule has 0 heterocycles. The van der Waals surface area contributed by atoms with Gasteiger partial charge in [-0.15, -0.1) is 0 Å². The second kappa shape index (κ2) is 9.15.